The van der Waals surface area contributed by atoms with Crippen molar-refractivity contribution in [1.29, 1.82) is 0 Å². The minimum absolute atomic E-state index is 0.00927. The molecule has 1 aliphatic rings. The second-order valence-electron chi connectivity index (χ2n) is 4.87. The van der Waals surface area contributed by atoms with Crippen molar-refractivity contribution in [1.82, 2.24) is 5.32 Å². The zero-order valence-electron chi connectivity index (χ0n) is 11.9. The summed E-state index contributed by atoms with van der Waals surface area (Å²) in [5, 5.41) is 6.11. The summed E-state index contributed by atoms with van der Waals surface area (Å²) in [4.78, 5) is 11.7. The molecule has 1 fully saturated rings. The number of methoxy groups -OCH3 is 1. The Balaban J connectivity index is 1.61. The maximum atomic E-state index is 11.7. The molecule has 1 atom stereocenters. The largest absolute Gasteiger partial charge is 0.497 e. The van der Waals surface area contributed by atoms with Crippen LogP contribution < -0.4 is 15.4 Å². The highest BCUT2D eigenvalue weighted by Gasteiger charge is 2.14. The molecule has 1 aliphatic heterocycles. The van der Waals surface area contributed by atoms with Crippen LogP contribution >= 0.6 is 0 Å². The highest BCUT2D eigenvalue weighted by atomic mass is 16.5. The van der Waals surface area contributed by atoms with Gasteiger partial charge in [0.15, 0.2) is 0 Å². The Bertz CT molecular complexity index is 414. The van der Waals surface area contributed by atoms with Gasteiger partial charge in [-0.25, -0.2) is 0 Å². The van der Waals surface area contributed by atoms with Crippen molar-refractivity contribution in [3.63, 3.8) is 0 Å². The molecule has 1 aromatic rings. The van der Waals surface area contributed by atoms with Crippen LogP contribution in [0.2, 0.25) is 0 Å². The van der Waals surface area contributed by atoms with Crippen molar-refractivity contribution in [2.45, 2.75) is 25.4 Å². The number of amides is 1. The Hall–Kier alpha value is -1.59. The molecule has 0 aromatic heterocycles. The van der Waals surface area contributed by atoms with Crippen molar-refractivity contribution < 1.29 is 14.3 Å². The molecule has 1 amide bonds. The third-order valence-electron chi connectivity index (χ3n) is 3.30. The average molecular weight is 278 g/mol. The molecule has 0 radical (unpaired) electrons. The summed E-state index contributed by atoms with van der Waals surface area (Å²) >= 11 is 0. The van der Waals surface area contributed by atoms with Crippen molar-refractivity contribution in [2.75, 3.05) is 32.1 Å². The van der Waals surface area contributed by atoms with Crippen LogP contribution in [0.15, 0.2) is 24.3 Å². The molecule has 1 heterocycles. The SMILES string of the molecule is COc1ccc(NC(=O)CCNCC2CCCO2)cc1. The molecule has 2 rings (SSSR count). The van der Waals surface area contributed by atoms with Gasteiger partial charge in [-0.15, -0.1) is 0 Å². The van der Waals surface area contributed by atoms with E-state index < -0.39 is 0 Å². The monoisotopic (exact) mass is 278 g/mol. The fourth-order valence-electron chi connectivity index (χ4n) is 2.17. The number of anilines is 1. The fraction of sp³-hybridized carbons (Fsp3) is 0.533. The molecule has 1 unspecified atom stereocenters. The van der Waals surface area contributed by atoms with Gasteiger partial charge in [-0.3, -0.25) is 4.79 Å². The highest BCUT2D eigenvalue weighted by molar-refractivity contribution is 5.90. The normalized spacial score (nSPS) is 17.9. The zero-order chi connectivity index (χ0) is 14.2. The van der Waals surface area contributed by atoms with E-state index in [2.05, 4.69) is 10.6 Å². The van der Waals surface area contributed by atoms with Gasteiger partial charge >= 0.3 is 0 Å². The molecule has 20 heavy (non-hydrogen) atoms. The molecule has 5 nitrogen and oxygen atoms in total. The lowest BCUT2D eigenvalue weighted by Crippen LogP contribution is -2.29. The number of ether oxygens (including phenoxy) is 2. The Labute approximate surface area is 119 Å². The second-order valence-corrected chi connectivity index (χ2v) is 4.87. The minimum atomic E-state index is 0.00927. The van der Waals surface area contributed by atoms with E-state index in [9.17, 15) is 4.79 Å². The van der Waals surface area contributed by atoms with Crippen LogP contribution in [0.25, 0.3) is 0 Å². The number of hydrogen-bond acceptors (Lipinski definition) is 4. The fourth-order valence-corrected chi connectivity index (χ4v) is 2.17. The van der Waals surface area contributed by atoms with E-state index >= 15 is 0 Å². The van der Waals surface area contributed by atoms with E-state index in [1.165, 1.54) is 0 Å². The maximum Gasteiger partial charge on any atom is 0.225 e. The topological polar surface area (TPSA) is 59.6 Å². The Morgan fingerprint density at radius 2 is 2.20 bits per heavy atom. The van der Waals surface area contributed by atoms with Crippen LogP contribution in [-0.2, 0) is 9.53 Å². The van der Waals surface area contributed by atoms with E-state index in [-0.39, 0.29) is 5.91 Å². The van der Waals surface area contributed by atoms with Gasteiger partial charge in [-0.05, 0) is 37.1 Å². The van der Waals surface area contributed by atoms with Crippen LogP contribution in [0.1, 0.15) is 19.3 Å². The first-order chi connectivity index (χ1) is 9.78. The number of hydrogen-bond donors (Lipinski definition) is 2. The number of rotatable bonds is 7. The molecular weight excluding hydrogens is 256 g/mol. The Morgan fingerprint density at radius 1 is 1.40 bits per heavy atom. The van der Waals surface area contributed by atoms with Gasteiger partial charge in [0.1, 0.15) is 5.75 Å². The number of carbonyl (C=O) groups excluding carboxylic acids is 1. The van der Waals surface area contributed by atoms with Gasteiger partial charge in [0.25, 0.3) is 0 Å². The Morgan fingerprint density at radius 3 is 2.85 bits per heavy atom. The predicted octanol–water partition coefficient (Wildman–Crippen LogP) is 1.79. The second kappa shape index (κ2) is 7.87. The summed E-state index contributed by atoms with van der Waals surface area (Å²) in [6.45, 7) is 2.36. The summed E-state index contributed by atoms with van der Waals surface area (Å²) in [7, 11) is 1.62. The van der Waals surface area contributed by atoms with Gasteiger partial charge in [-0.1, -0.05) is 0 Å². The first kappa shape index (κ1) is 14.8. The van der Waals surface area contributed by atoms with Crippen molar-refractivity contribution in [3.05, 3.63) is 24.3 Å². The third kappa shape index (κ3) is 4.83. The van der Waals surface area contributed by atoms with E-state index in [1.54, 1.807) is 7.11 Å². The van der Waals surface area contributed by atoms with E-state index in [4.69, 9.17) is 9.47 Å². The zero-order valence-corrected chi connectivity index (χ0v) is 11.9. The maximum absolute atomic E-state index is 11.7. The van der Waals surface area contributed by atoms with Gasteiger partial charge < -0.3 is 20.1 Å². The van der Waals surface area contributed by atoms with Crippen molar-refractivity contribution in [3.8, 4) is 5.75 Å². The number of benzene rings is 1. The van der Waals surface area contributed by atoms with Crippen LogP contribution in [0.4, 0.5) is 5.69 Å². The average Bonchev–Trinajstić information content (AvgIpc) is 2.98. The van der Waals surface area contributed by atoms with Crippen LogP contribution in [0.5, 0.6) is 5.75 Å². The molecule has 0 saturated carbocycles. The van der Waals surface area contributed by atoms with E-state index in [1.807, 2.05) is 24.3 Å². The van der Waals surface area contributed by atoms with Crippen molar-refractivity contribution >= 4 is 11.6 Å². The smallest absolute Gasteiger partial charge is 0.225 e. The molecule has 2 N–H and O–H groups in total. The predicted molar refractivity (Wildman–Crippen MR) is 78.1 cm³/mol. The molecule has 1 saturated heterocycles. The van der Waals surface area contributed by atoms with Gasteiger partial charge in [0.2, 0.25) is 5.91 Å². The molecule has 1 aromatic carbocycles. The van der Waals surface area contributed by atoms with Crippen LogP contribution in [0.3, 0.4) is 0 Å². The number of carbonyl (C=O) groups is 1. The lowest BCUT2D eigenvalue weighted by molar-refractivity contribution is -0.116. The van der Waals surface area contributed by atoms with E-state index in [0.29, 0.717) is 19.1 Å². The Kier molecular flexibility index (Phi) is 5.83. The molecule has 110 valence electrons. The standard InChI is InChI=1S/C15H22N2O3/c1-19-13-6-4-12(5-7-13)17-15(18)8-9-16-11-14-3-2-10-20-14/h4-7,14,16H,2-3,8-11H2,1H3,(H,17,18). The van der Waals surface area contributed by atoms with Gasteiger partial charge in [0, 0.05) is 31.8 Å². The quantitative estimate of drug-likeness (QED) is 0.747. The van der Waals surface area contributed by atoms with E-state index in [0.717, 1.165) is 37.4 Å². The van der Waals surface area contributed by atoms with Gasteiger partial charge in [0.05, 0.1) is 13.2 Å². The number of nitrogens with one attached hydrogen (secondary N) is 2. The first-order valence-electron chi connectivity index (χ1n) is 7.04. The lowest BCUT2D eigenvalue weighted by Gasteiger charge is -2.10. The van der Waals surface area contributed by atoms with Crippen LogP contribution in [0, 0.1) is 0 Å². The summed E-state index contributed by atoms with van der Waals surface area (Å²) in [5.74, 6) is 0.788. The lowest BCUT2D eigenvalue weighted by atomic mass is 10.2. The molecule has 0 spiro atoms. The molecule has 0 aliphatic carbocycles. The van der Waals surface area contributed by atoms with Crippen molar-refractivity contribution in [2.24, 2.45) is 0 Å². The highest BCUT2D eigenvalue weighted by Crippen LogP contribution is 2.15. The molecule has 0 bridgehead atoms. The minimum Gasteiger partial charge on any atom is -0.497 e. The molecular formula is C15H22N2O3. The third-order valence-corrected chi connectivity index (χ3v) is 3.30. The summed E-state index contributed by atoms with van der Waals surface area (Å²) in [5.41, 5.74) is 0.787. The molecule has 5 heteroatoms. The summed E-state index contributed by atoms with van der Waals surface area (Å²) < 4.78 is 10.6. The van der Waals surface area contributed by atoms with Crippen LogP contribution in [-0.4, -0.2) is 38.8 Å². The summed E-state index contributed by atoms with van der Waals surface area (Å²) in [6, 6.07) is 7.31. The van der Waals surface area contributed by atoms with Gasteiger partial charge in [-0.2, -0.15) is 0 Å². The summed E-state index contributed by atoms with van der Waals surface area (Å²) in [6.07, 6.45) is 3.04. The first-order valence-corrected chi connectivity index (χ1v) is 7.04.